The van der Waals surface area contributed by atoms with Crippen LogP contribution in [0.3, 0.4) is 0 Å². The molecule has 2 fully saturated rings. The molecule has 2 aromatic rings. The summed E-state index contributed by atoms with van der Waals surface area (Å²) in [6, 6.07) is 9.14. The predicted octanol–water partition coefficient (Wildman–Crippen LogP) is 4.62. The van der Waals surface area contributed by atoms with Crippen molar-refractivity contribution in [2.24, 2.45) is 11.8 Å². The average Bonchev–Trinajstić information content (AvgIpc) is 3.18. The van der Waals surface area contributed by atoms with Crippen LogP contribution in [0.2, 0.25) is 0 Å². The van der Waals surface area contributed by atoms with Crippen molar-refractivity contribution in [2.75, 3.05) is 13.1 Å². The zero-order valence-corrected chi connectivity index (χ0v) is 22.1. The van der Waals surface area contributed by atoms with E-state index in [-0.39, 0.29) is 26.7 Å². The van der Waals surface area contributed by atoms with Gasteiger partial charge < -0.3 is 0 Å². The fraction of sp³-hybridized carbons (Fsp3) is 0.519. The zero-order valence-electron chi connectivity index (χ0n) is 20.5. The van der Waals surface area contributed by atoms with E-state index in [1.807, 2.05) is 0 Å². The molecule has 0 unspecified atom stereocenters. The number of ketones is 1. The Morgan fingerprint density at radius 1 is 0.583 bits per heavy atom. The maximum Gasteiger partial charge on any atom is 0.240 e. The van der Waals surface area contributed by atoms with Gasteiger partial charge >= 0.3 is 0 Å². The lowest BCUT2D eigenvalue weighted by Crippen LogP contribution is -2.30. The molecule has 7 nitrogen and oxygen atoms in total. The van der Waals surface area contributed by atoms with Crippen molar-refractivity contribution in [3.05, 3.63) is 47.5 Å². The van der Waals surface area contributed by atoms with E-state index in [1.165, 1.54) is 37.1 Å². The smallest absolute Gasteiger partial charge is 0.240 e. The number of carbonyl (C=O) groups excluding carboxylic acids is 1. The first-order valence-corrected chi connectivity index (χ1v) is 16.0. The Hall–Kier alpha value is -2.07. The van der Waals surface area contributed by atoms with Gasteiger partial charge in [-0.2, -0.15) is 0 Å². The van der Waals surface area contributed by atoms with Gasteiger partial charge in [0.05, 0.1) is 9.79 Å². The average molecular weight is 531 g/mol. The highest BCUT2D eigenvalue weighted by Crippen LogP contribution is 2.39. The Morgan fingerprint density at radius 2 is 0.972 bits per heavy atom. The van der Waals surface area contributed by atoms with Crippen LogP contribution < -0.4 is 9.44 Å². The highest BCUT2D eigenvalue weighted by atomic mass is 32.2. The number of sulfonamides is 2. The summed E-state index contributed by atoms with van der Waals surface area (Å²) >= 11 is 0. The van der Waals surface area contributed by atoms with Crippen molar-refractivity contribution in [1.29, 1.82) is 0 Å². The molecule has 9 heteroatoms. The van der Waals surface area contributed by atoms with Crippen molar-refractivity contribution < 1.29 is 21.6 Å². The molecule has 36 heavy (non-hydrogen) atoms. The highest BCUT2D eigenvalue weighted by molar-refractivity contribution is 7.89. The summed E-state index contributed by atoms with van der Waals surface area (Å²) < 4.78 is 57.2. The van der Waals surface area contributed by atoms with Crippen LogP contribution >= 0.6 is 0 Å². The number of nitrogens with one attached hydrogen (secondary N) is 2. The quantitative estimate of drug-likeness (QED) is 0.442. The summed E-state index contributed by atoms with van der Waals surface area (Å²) in [5, 5.41) is 0. The molecule has 0 radical (unpaired) electrons. The monoisotopic (exact) mass is 530 g/mol. The molecule has 0 heterocycles. The molecule has 2 aromatic carbocycles. The van der Waals surface area contributed by atoms with Crippen LogP contribution in [0.4, 0.5) is 0 Å². The van der Waals surface area contributed by atoms with Gasteiger partial charge in [0.1, 0.15) is 0 Å². The molecular weight excluding hydrogens is 496 g/mol. The minimum absolute atomic E-state index is 0.0557. The third-order valence-corrected chi connectivity index (χ3v) is 10.8. The van der Waals surface area contributed by atoms with E-state index in [1.54, 1.807) is 12.1 Å². The fourth-order valence-corrected chi connectivity index (χ4v) is 8.06. The Balaban J connectivity index is 1.33. The maximum absolute atomic E-state index is 13.2. The van der Waals surface area contributed by atoms with Crippen LogP contribution in [0.15, 0.2) is 46.2 Å². The molecule has 3 aliphatic rings. The summed E-state index contributed by atoms with van der Waals surface area (Å²) in [6.07, 6.45) is 11.0. The summed E-state index contributed by atoms with van der Waals surface area (Å²) in [4.78, 5) is 13.3. The Morgan fingerprint density at radius 3 is 1.36 bits per heavy atom. The lowest BCUT2D eigenvalue weighted by atomic mass is 9.90. The van der Waals surface area contributed by atoms with Crippen molar-refractivity contribution in [3.63, 3.8) is 0 Å². The Labute approximate surface area is 214 Å². The van der Waals surface area contributed by atoms with E-state index in [4.69, 9.17) is 0 Å². The van der Waals surface area contributed by atoms with Crippen LogP contribution in [-0.2, 0) is 20.0 Å². The standard InChI is InChI=1S/C27H34N2O5S2/c30-27-25-15-21(35(31,32)28-17-19-7-3-1-4-8-19)11-13-23(25)24-14-12-22(16-26(24)27)36(33,34)29-18-20-9-5-2-6-10-20/h11-16,19-20,28-29H,1-10,17-18H2. The van der Waals surface area contributed by atoms with Crippen LogP contribution in [0.25, 0.3) is 11.1 Å². The van der Waals surface area contributed by atoms with Crippen molar-refractivity contribution in [1.82, 2.24) is 9.44 Å². The van der Waals surface area contributed by atoms with Gasteiger partial charge in [-0.05, 0) is 72.9 Å². The molecule has 2 N–H and O–H groups in total. The molecular formula is C27H34N2O5S2. The largest absolute Gasteiger partial charge is 0.289 e. The zero-order chi connectivity index (χ0) is 25.3. The second-order valence-corrected chi connectivity index (χ2v) is 14.0. The van der Waals surface area contributed by atoms with Gasteiger partial charge in [0, 0.05) is 24.2 Å². The van der Waals surface area contributed by atoms with Crippen LogP contribution in [-0.4, -0.2) is 35.7 Å². The van der Waals surface area contributed by atoms with Gasteiger partial charge in [0.2, 0.25) is 20.0 Å². The number of hydrogen-bond acceptors (Lipinski definition) is 5. The van der Waals surface area contributed by atoms with Gasteiger partial charge in [-0.25, -0.2) is 26.3 Å². The van der Waals surface area contributed by atoms with E-state index >= 15 is 0 Å². The summed E-state index contributed by atoms with van der Waals surface area (Å²) in [5.74, 6) is 0.343. The lowest BCUT2D eigenvalue weighted by Gasteiger charge is -2.21. The summed E-state index contributed by atoms with van der Waals surface area (Å²) in [5.41, 5.74) is 1.83. The minimum atomic E-state index is -3.75. The second kappa shape index (κ2) is 10.4. The first-order valence-electron chi connectivity index (χ1n) is 13.1. The number of fused-ring (bicyclic) bond motifs is 3. The molecule has 0 amide bonds. The van der Waals surface area contributed by atoms with E-state index < -0.39 is 20.0 Å². The first kappa shape index (κ1) is 25.6. The molecule has 3 aliphatic carbocycles. The van der Waals surface area contributed by atoms with E-state index in [0.717, 1.165) is 51.4 Å². The Bertz CT molecular complexity index is 1250. The van der Waals surface area contributed by atoms with Crippen LogP contribution in [0.5, 0.6) is 0 Å². The molecule has 5 rings (SSSR count). The van der Waals surface area contributed by atoms with Gasteiger partial charge in [-0.15, -0.1) is 0 Å². The normalized spacial score (nSPS) is 19.3. The van der Waals surface area contributed by atoms with E-state index in [9.17, 15) is 21.6 Å². The second-order valence-electron chi connectivity index (χ2n) is 10.5. The van der Waals surface area contributed by atoms with E-state index in [0.29, 0.717) is 36.1 Å². The van der Waals surface area contributed by atoms with Gasteiger partial charge in [0.15, 0.2) is 5.78 Å². The third kappa shape index (κ3) is 5.30. The fourth-order valence-electron chi connectivity index (χ4n) is 5.78. The van der Waals surface area contributed by atoms with Crippen molar-refractivity contribution in [3.8, 4) is 11.1 Å². The van der Waals surface area contributed by atoms with Gasteiger partial charge in [-0.1, -0.05) is 50.7 Å². The number of benzene rings is 2. The minimum Gasteiger partial charge on any atom is -0.289 e. The number of hydrogen-bond donors (Lipinski definition) is 2. The van der Waals surface area contributed by atoms with Crippen LogP contribution in [0.1, 0.15) is 80.1 Å². The summed E-state index contributed by atoms with van der Waals surface area (Å²) in [6.45, 7) is 0.811. The van der Waals surface area contributed by atoms with Crippen molar-refractivity contribution in [2.45, 2.75) is 74.0 Å². The SMILES string of the molecule is O=C1c2cc(S(=O)(=O)NCC3CCCCC3)ccc2-c2ccc(S(=O)(=O)NCC3CCCCC3)cc21. The first-order chi connectivity index (χ1) is 17.2. The predicted molar refractivity (Wildman–Crippen MR) is 139 cm³/mol. The number of carbonyl (C=O) groups is 1. The molecule has 2 saturated carbocycles. The Kier molecular flexibility index (Phi) is 7.36. The molecule has 0 spiro atoms. The summed E-state index contributed by atoms with van der Waals surface area (Å²) in [7, 11) is -7.50. The molecule has 0 aliphatic heterocycles. The topological polar surface area (TPSA) is 109 Å². The van der Waals surface area contributed by atoms with Gasteiger partial charge in [0.25, 0.3) is 0 Å². The molecule has 0 saturated heterocycles. The number of rotatable bonds is 8. The lowest BCUT2D eigenvalue weighted by molar-refractivity contribution is 0.104. The molecule has 0 atom stereocenters. The third-order valence-electron chi connectivity index (χ3n) is 7.96. The van der Waals surface area contributed by atoms with Crippen LogP contribution in [0, 0.1) is 11.8 Å². The van der Waals surface area contributed by atoms with Gasteiger partial charge in [-0.3, -0.25) is 4.79 Å². The maximum atomic E-state index is 13.2. The van der Waals surface area contributed by atoms with E-state index in [2.05, 4.69) is 9.44 Å². The molecule has 194 valence electrons. The molecule has 0 bridgehead atoms. The van der Waals surface area contributed by atoms with Crippen molar-refractivity contribution >= 4 is 25.8 Å². The highest BCUT2D eigenvalue weighted by Gasteiger charge is 2.31. The molecule has 0 aromatic heterocycles.